The van der Waals surface area contributed by atoms with E-state index < -0.39 is 0 Å². The largest absolute Gasteiger partial charge is 0.310 e. The van der Waals surface area contributed by atoms with Crippen LogP contribution in [0.2, 0.25) is 0 Å². The Labute approximate surface area is 112 Å². The van der Waals surface area contributed by atoms with Crippen molar-refractivity contribution in [2.45, 2.75) is 70.9 Å². The molecule has 100 valence electrons. The Kier molecular flexibility index (Phi) is 5.25. The van der Waals surface area contributed by atoms with Crippen molar-refractivity contribution in [3.63, 3.8) is 0 Å². The first kappa shape index (κ1) is 13.6. The summed E-state index contributed by atoms with van der Waals surface area (Å²) in [4.78, 5) is 0. The van der Waals surface area contributed by atoms with Gasteiger partial charge in [-0.1, -0.05) is 63.8 Å². The van der Waals surface area contributed by atoms with Gasteiger partial charge >= 0.3 is 0 Å². The average molecular weight is 245 g/mol. The zero-order valence-corrected chi connectivity index (χ0v) is 11.9. The second-order valence-corrected chi connectivity index (χ2v) is 5.97. The molecule has 1 N–H and O–H groups in total. The molecule has 1 aliphatic carbocycles. The molecular weight excluding hydrogens is 218 g/mol. The van der Waals surface area contributed by atoms with Crippen LogP contribution in [0, 0.1) is 0 Å². The van der Waals surface area contributed by atoms with Crippen LogP contribution in [0.4, 0.5) is 0 Å². The van der Waals surface area contributed by atoms with Crippen molar-refractivity contribution < 1.29 is 0 Å². The minimum atomic E-state index is 0.633. The first-order valence-electron chi connectivity index (χ1n) is 7.58. The Balaban J connectivity index is 1.81. The normalized spacial score (nSPS) is 17.9. The molecule has 18 heavy (non-hydrogen) atoms. The summed E-state index contributed by atoms with van der Waals surface area (Å²) in [6.45, 7) is 5.53. The summed E-state index contributed by atoms with van der Waals surface area (Å²) < 4.78 is 0. The third kappa shape index (κ3) is 4.13. The molecule has 0 aliphatic heterocycles. The highest BCUT2D eigenvalue weighted by Crippen LogP contribution is 2.18. The van der Waals surface area contributed by atoms with Gasteiger partial charge in [-0.05, 0) is 29.9 Å². The van der Waals surface area contributed by atoms with Crippen LogP contribution >= 0.6 is 0 Å². The molecule has 1 heteroatoms. The van der Waals surface area contributed by atoms with Gasteiger partial charge in [0, 0.05) is 12.6 Å². The van der Waals surface area contributed by atoms with E-state index in [4.69, 9.17) is 0 Å². The summed E-state index contributed by atoms with van der Waals surface area (Å²) in [7, 11) is 0. The van der Waals surface area contributed by atoms with E-state index in [2.05, 4.69) is 43.4 Å². The molecule has 0 spiro atoms. The zero-order chi connectivity index (χ0) is 12.8. The summed E-state index contributed by atoms with van der Waals surface area (Å²) >= 11 is 0. The highest BCUT2D eigenvalue weighted by atomic mass is 14.9. The average Bonchev–Trinajstić information content (AvgIpc) is 2.65. The van der Waals surface area contributed by atoms with Crippen molar-refractivity contribution in [2.24, 2.45) is 0 Å². The first-order chi connectivity index (χ1) is 8.75. The Morgan fingerprint density at radius 2 is 1.61 bits per heavy atom. The lowest BCUT2D eigenvalue weighted by molar-refractivity contribution is 0.459. The Hall–Kier alpha value is -0.820. The van der Waals surface area contributed by atoms with Crippen molar-refractivity contribution in [1.29, 1.82) is 0 Å². The summed E-state index contributed by atoms with van der Waals surface area (Å²) in [6.07, 6.45) is 8.41. The summed E-state index contributed by atoms with van der Waals surface area (Å²) in [5.41, 5.74) is 2.86. The molecule has 1 nitrogen and oxygen atoms in total. The molecule has 1 saturated carbocycles. The van der Waals surface area contributed by atoms with Crippen molar-refractivity contribution in [2.75, 3.05) is 0 Å². The van der Waals surface area contributed by atoms with Crippen LogP contribution in [0.25, 0.3) is 0 Å². The predicted molar refractivity (Wildman–Crippen MR) is 78.9 cm³/mol. The highest BCUT2D eigenvalue weighted by Gasteiger charge is 2.11. The third-order valence-corrected chi connectivity index (χ3v) is 4.10. The second kappa shape index (κ2) is 6.94. The predicted octanol–water partition coefficient (Wildman–Crippen LogP) is 4.62. The standard InChI is InChI=1S/C17H27N/c1-14(2)16-11-9-15(10-12-16)13-18-17-7-5-3-4-6-8-17/h9-12,14,17-18H,3-8,13H2,1-2H3. The fraction of sp³-hybridized carbons (Fsp3) is 0.647. The summed E-state index contributed by atoms with van der Waals surface area (Å²) in [5, 5.41) is 3.73. The Morgan fingerprint density at radius 3 is 2.17 bits per heavy atom. The van der Waals surface area contributed by atoms with Gasteiger partial charge in [0.05, 0.1) is 0 Å². The molecule has 1 fully saturated rings. The van der Waals surface area contributed by atoms with Crippen LogP contribution in [0.3, 0.4) is 0 Å². The molecule has 0 radical (unpaired) electrons. The maximum absolute atomic E-state index is 3.73. The molecule has 0 atom stereocenters. The molecule has 0 amide bonds. The number of hydrogen-bond acceptors (Lipinski definition) is 1. The smallest absolute Gasteiger partial charge is 0.0208 e. The van der Waals surface area contributed by atoms with Crippen molar-refractivity contribution in [1.82, 2.24) is 5.32 Å². The molecule has 0 unspecified atom stereocenters. The maximum atomic E-state index is 3.73. The van der Waals surface area contributed by atoms with Crippen LogP contribution in [-0.4, -0.2) is 6.04 Å². The lowest BCUT2D eigenvalue weighted by Gasteiger charge is -2.16. The van der Waals surface area contributed by atoms with Gasteiger partial charge < -0.3 is 5.32 Å². The number of benzene rings is 1. The number of nitrogens with one attached hydrogen (secondary N) is 1. The highest BCUT2D eigenvalue weighted by molar-refractivity contribution is 5.24. The topological polar surface area (TPSA) is 12.0 Å². The van der Waals surface area contributed by atoms with E-state index in [-0.39, 0.29) is 0 Å². The molecule has 0 aromatic heterocycles. The van der Waals surface area contributed by atoms with Crippen LogP contribution < -0.4 is 5.32 Å². The van der Waals surface area contributed by atoms with Crippen molar-refractivity contribution in [3.05, 3.63) is 35.4 Å². The van der Waals surface area contributed by atoms with E-state index in [0.29, 0.717) is 5.92 Å². The monoisotopic (exact) mass is 245 g/mol. The van der Waals surface area contributed by atoms with Gasteiger partial charge in [-0.2, -0.15) is 0 Å². The molecule has 1 aromatic rings. The van der Waals surface area contributed by atoms with E-state index in [0.717, 1.165) is 12.6 Å². The van der Waals surface area contributed by atoms with Gasteiger partial charge in [-0.3, -0.25) is 0 Å². The molecule has 1 aliphatic rings. The molecule has 0 saturated heterocycles. The van der Waals surface area contributed by atoms with E-state index in [9.17, 15) is 0 Å². The lowest BCUT2D eigenvalue weighted by atomic mass is 10.0. The summed E-state index contributed by atoms with van der Waals surface area (Å²) in [6, 6.07) is 9.85. The minimum absolute atomic E-state index is 0.633. The first-order valence-corrected chi connectivity index (χ1v) is 7.58. The van der Waals surface area contributed by atoms with Gasteiger partial charge in [-0.25, -0.2) is 0 Å². The van der Waals surface area contributed by atoms with Gasteiger partial charge in [0.25, 0.3) is 0 Å². The van der Waals surface area contributed by atoms with Crippen molar-refractivity contribution in [3.8, 4) is 0 Å². The van der Waals surface area contributed by atoms with Gasteiger partial charge in [0.1, 0.15) is 0 Å². The number of rotatable bonds is 4. The minimum Gasteiger partial charge on any atom is -0.310 e. The van der Waals surface area contributed by atoms with Crippen LogP contribution in [0.15, 0.2) is 24.3 Å². The van der Waals surface area contributed by atoms with Crippen molar-refractivity contribution >= 4 is 0 Å². The molecule has 0 bridgehead atoms. The number of hydrogen-bond donors (Lipinski definition) is 1. The van der Waals surface area contributed by atoms with Gasteiger partial charge in [-0.15, -0.1) is 0 Å². The molecular formula is C17H27N. The fourth-order valence-corrected chi connectivity index (χ4v) is 2.77. The Morgan fingerprint density at radius 1 is 1.00 bits per heavy atom. The van der Waals surface area contributed by atoms with E-state index in [1.54, 1.807) is 0 Å². The Bertz CT molecular complexity index is 331. The quantitative estimate of drug-likeness (QED) is 0.763. The van der Waals surface area contributed by atoms with E-state index >= 15 is 0 Å². The zero-order valence-electron chi connectivity index (χ0n) is 11.9. The molecule has 0 heterocycles. The van der Waals surface area contributed by atoms with Crippen LogP contribution in [-0.2, 0) is 6.54 Å². The SMILES string of the molecule is CC(C)c1ccc(CNC2CCCCCC2)cc1. The maximum Gasteiger partial charge on any atom is 0.0208 e. The van der Waals surface area contributed by atoms with Gasteiger partial charge in [0.2, 0.25) is 0 Å². The van der Waals surface area contributed by atoms with Crippen LogP contribution in [0.5, 0.6) is 0 Å². The summed E-state index contributed by atoms with van der Waals surface area (Å²) in [5.74, 6) is 0.633. The molecule has 1 aromatic carbocycles. The van der Waals surface area contributed by atoms with E-state index in [1.165, 1.54) is 49.7 Å². The fourth-order valence-electron chi connectivity index (χ4n) is 2.77. The second-order valence-electron chi connectivity index (χ2n) is 5.97. The van der Waals surface area contributed by atoms with Gasteiger partial charge in [0.15, 0.2) is 0 Å². The third-order valence-electron chi connectivity index (χ3n) is 4.10. The molecule has 2 rings (SSSR count). The van der Waals surface area contributed by atoms with E-state index in [1.807, 2.05) is 0 Å². The van der Waals surface area contributed by atoms with Crippen LogP contribution in [0.1, 0.15) is 69.4 Å². The lowest BCUT2D eigenvalue weighted by Crippen LogP contribution is -2.27.